The maximum Gasteiger partial charge on any atom is 0.251 e. The molecule has 0 saturated heterocycles. The summed E-state index contributed by atoms with van der Waals surface area (Å²) in [6.07, 6.45) is 1.21. The lowest BCUT2D eigenvalue weighted by molar-refractivity contribution is -0.121. The minimum Gasteiger partial charge on any atom is -0.508 e. The zero-order chi connectivity index (χ0) is 17.6. The number of carbonyl (C=O) groups excluding carboxylic acids is 1. The van der Waals surface area contributed by atoms with E-state index in [0.717, 1.165) is 16.5 Å². The molecule has 0 spiro atoms. The van der Waals surface area contributed by atoms with Crippen LogP contribution in [0.1, 0.15) is 17.5 Å². The van der Waals surface area contributed by atoms with E-state index < -0.39 is 0 Å². The number of benzene rings is 2. The first-order valence-electron chi connectivity index (χ1n) is 8.28. The molecule has 0 aliphatic rings. The van der Waals surface area contributed by atoms with Gasteiger partial charge in [-0.05, 0) is 42.0 Å². The third-order valence-corrected chi connectivity index (χ3v) is 4.16. The Morgan fingerprint density at radius 3 is 2.60 bits per heavy atom. The zero-order valence-corrected chi connectivity index (χ0v) is 13.8. The number of phenols is 1. The van der Waals surface area contributed by atoms with Crippen molar-refractivity contribution >= 4 is 16.8 Å². The smallest absolute Gasteiger partial charge is 0.251 e. The number of nitrogens with one attached hydrogen (secondary N) is 2. The number of hydrogen-bond donors (Lipinski definition) is 3. The summed E-state index contributed by atoms with van der Waals surface area (Å²) in [6.45, 7) is 0.449. The molecule has 2 aromatic carbocycles. The summed E-state index contributed by atoms with van der Waals surface area (Å²) in [7, 11) is 0. The van der Waals surface area contributed by atoms with Crippen molar-refractivity contribution in [1.82, 2.24) is 10.3 Å². The first kappa shape index (κ1) is 16.8. The molecule has 0 bridgehead atoms. The molecule has 5 heteroatoms. The molecule has 3 aromatic rings. The molecule has 5 nitrogen and oxygen atoms in total. The second-order valence-electron chi connectivity index (χ2n) is 5.94. The highest BCUT2D eigenvalue weighted by Gasteiger charge is 2.07. The van der Waals surface area contributed by atoms with Crippen molar-refractivity contribution in [3.8, 4) is 5.75 Å². The Kier molecular flexibility index (Phi) is 5.14. The number of H-pyrrole nitrogens is 1. The van der Waals surface area contributed by atoms with Gasteiger partial charge in [-0.15, -0.1) is 0 Å². The largest absolute Gasteiger partial charge is 0.508 e. The third kappa shape index (κ3) is 4.26. The number of carbonyl (C=O) groups is 1. The van der Waals surface area contributed by atoms with Crippen LogP contribution in [0.3, 0.4) is 0 Å². The van der Waals surface area contributed by atoms with Crippen LogP contribution in [0.5, 0.6) is 5.75 Å². The number of aryl methyl sites for hydroxylation is 1. The van der Waals surface area contributed by atoms with E-state index >= 15 is 0 Å². The van der Waals surface area contributed by atoms with Crippen molar-refractivity contribution in [3.05, 3.63) is 76.1 Å². The van der Waals surface area contributed by atoms with Crippen LogP contribution in [0.4, 0.5) is 0 Å². The summed E-state index contributed by atoms with van der Waals surface area (Å²) in [5, 5.41) is 13.5. The van der Waals surface area contributed by atoms with Gasteiger partial charge < -0.3 is 15.4 Å². The van der Waals surface area contributed by atoms with Gasteiger partial charge in [0.15, 0.2) is 0 Å². The standard InChI is InChI=1S/C20H20N2O3/c23-18-8-4-2-5-14(18)11-12-21-19(24)10-9-16-13-15-6-1-3-7-17(15)22-20(16)25/h1-8,13,23H,9-12H2,(H,21,24)(H,22,25). The molecule has 0 aliphatic carbocycles. The molecule has 3 rings (SSSR count). The Hall–Kier alpha value is -3.08. The van der Waals surface area contributed by atoms with Gasteiger partial charge in [0.05, 0.1) is 0 Å². The lowest BCUT2D eigenvalue weighted by atomic mass is 10.1. The van der Waals surface area contributed by atoms with Crippen molar-refractivity contribution in [2.45, 2.75) is 19.3 Å². The lowest BCUT2D eigenvalue weighted by Crippen LogP contribution is -2.26. The van der Waals surface area contributed by atoms with Crippen LogP contribution >= 0.6 is 0 Å². The van der Waals surface area contributed by atoms with Crippen molar-refractivity contribution < 1.29 is 9.90 Å². The van der Waals surface area contributed by atoms with Crippen LogP contribution in [-0.2, 0) is 17.6 Å². The van der Waals surface area contributed by atoms with Gasteiger partial charge in [0.1, 0.15) is 5.75 Å². The molecule has 1 aromatic heterocycles. The molecule has 25 heavy (non-hydrogen) atoms. The van der Waals surface area contributed by atoms with E-state index in [-0.39, 0.29) is 23.6 Å². The fourth-order valence-electron chi connectivity index (χ4n) is 2.77. The van der Waals surface area contributed by atoms with E-state index in [2.05, 4.69) is 10.3 Å². The predicted octanol–water partition coefficient (Wildman–Crippen LogP) is 2.53. The number of amides is 1. The monoisotopic (exact) mass is 336 g/mol. The minimum atomic E-state index is -0.152. The Bertz CT molecular complexity index is 947. The quantitative estimate of drug-likeness (QED) is 0.647. The Labute approximate surface area is 145 Å². The van der Waals surface area contributed by atoms with Crippen LogP contribution in [-0.4, -0.2) is 22.5 Å². The molecular weight excluding hydrogens is 316 g/mol. The van der Waals surface area contributed by atoms with Gasteiger partial charge in [-0.2, -0.15) is 0 Å². The van der Waals surface area contributed by atoms with Crippen LogP contribution in [0.25, 0.3) is 10.9 Å². The van der Waals surface area contributed by atoms with E-state index in [1.807, 2.05) is 42.5 Å². The van der Waals surface area contributed by atoms with E-state index in [1.54, 1.807) is 12.1 Å². The Balaban J connectivity index is 1.53. The second kappa shape index (κ2) is 7.66. The summed E-state index contributed by atoms with van der Waals surface area (Å²) in [5.74, 6) is 0.127. The summed E-state index contributed by atoms with van der Waals surface area (Å²) in [5.41, 5.74) is 2.05. The zero-order valence-electron chi connectivity index (χ0n) is 13.8. The van der Waals surface area contributed by atoms with E-state index in [9.17, 15) is 14.7 Å². The van der Waals surface area contributed by atoms with Gasteiger partial charge >= 0.3 is 0 Å². The fourth-order valence-corrected chi connectivity index (χ4v) is 2.77. The highest BCUT2D eigenvalue weighted by atomic mass is 16.3. The number of rotatable bonds is 6. The highest BCUT2D eigenvalue weighted by molar-refractivity contribution is 5.79. The summed E-state index contributed by atoms with van der Waals surface area (Å²) >= 11 is 0. The van der Waals surface area contributed by atoms with Crippen molar-refractivity contribution in [2.24, 2.45) is 0 Å². The van der Waals surface area contributed by atoms with E-state index in [1.165, 1.54) is 0 Å². The fraction of sp³-hybridized carbons (Fsp3) is 0.200. The summed E-state index contributed by atoms with van der Waals surface area (Å²) in [4.78, 5) is 26.9. The van der Waals surface area contributed by atoms with Gasteiger partial charge in [0.2, 0.25) is 5.91 Å². The number of fused-ring (bicyclic) bond motifs is 1. The van der Waals surface area contributed by atoms with Crippen molar-refractivity contribution in [1.29, 1.82) is 0 Å². The van der Waals surface area contributed by atoms with Crippen LogP contribution in [0, 0.1) is 0 Å². The van der Waals surface area contributed by atoms with Gasteiger partial charge in [-0.1, -0.05) is 36.4 Å². The molecule has 1 heterocycles. The van der Waals surface area contributed by atoms with Crippen molar-refractivity contribution in [3.63, 3.8) is 0 Å². The first-order valence-corrected chi connectivity index (χ1v) is 8.28. The van der Waals surface area contributed by atoms with Gasteiger partial charge in [-0.25, -0.2) is 0 Å². The molecule has 0 radical (unpaired) electrons. The number of aromatic amines is 1. The Morgan fingerprint density at radius 2 is 1.76 bits per heavy atom. The number of pyridine rings is 1. The molecule has 0 unspecified atom stereocenters. The minimum absolute atomic E-state index is 0.108. The first-order chi connectivity index (χ1) is 12.1. The summed E-state index contributed by atoms with van der Waals surface area (Å²) < 4.78 is 0. The molecule has 1 amide bonds. The number of hydrogen-bond acceptors (Lipinski definition) is 3. The van der Waals surface area contributed by atoms with Crippen LogP contribution in [0.2, 0.25) is 0 Å². The maximum absolute atomic E-state index is 12.1. The maximum atomic E-state index is 12.1. The topological polar surface area (TPSA) is 82.2 Å². The molecule has 3 N–H and O–H groups in total. The Morgan fingerprint density at radius 1 is 1.00 bits per heavy atom. The van der Waals surface area contributed by atoms with Gasteiger partial charge in [-0.3, -0.25) is 9.59 Å². The van der Waals surface area contributed by atoms with E-state index in [4.69, 9.17) is 0 Å². The van der Waals surface area contributed by atoms with Gasteiger partial charge in [0, 0.05) is 24.0 Å². The van der Waals surface area contributed by atoms with Crippen molar-refractivity contribution in [2.75, 3.05) is 6.54 Å². The average Bonchev–Trinajstić information content (AvgIpc) is 2.61. The molecule has 0 atom stereocenters. The normalized spacial score (nSPS) is 10.7. The summed E-state index contributed by atoms with van der Waals surface area (Å²) in [6, 6.07) is 16.5. The van der Waals surface area contributed by atoms with E-state index in [0.29, 0.717) is 24.9 Å². The van der Waals surface area contributed by atoms with Gasteiger partial charge in [0.25, 0.3) is 5.56 Å². The molecular formula is C20H20N2O3. The van der Waals surface area contributed by atoms with Crippen LogP contribution in [0.15, 0.2) is 59.4 Å². The molecule has 0 saturated carbocycles. The highest BCUT2D eigenvalue weighted by Crippen LogP contribution is 2.15. The molecule has 128 valence electrons. The number of aromatic hydroxyl groups is 1. The second-order valence-corrected chi connectivity index (χ2v) is 5.94. The number of phenolic OH excluding ortho intramolecular Hbond substituents is 1. The number of aromatic nitrogens is 1. The molecule has 0 aliphatic heterocycles. The number of para-hydroxylation sites is 2. The SMILES string of the molecule is O=C(CCc1cc2ccccc2[nH]c1=O)NCCc1ccccc1O. The molecule has 0 fully saturated rings. The average molecular weight is 336 g/mol. The van der Waals surface area contributed by atoms with Crippen LogP contribution < -0.4 is 10.9 Å². The predicted molar refractivity (Wildman–Crippen MR) is 97.7 cm³/mol. The lowest BCUT2D eigenvalue weighted by Gasteiger charge is -2.07. The third-order valence-electron chi connectivity index (χ3n) is 4.16.